The summed E-state index contributed by atoms with van der Waals surface area (Å²) in [6.45, 7) is 2.24. The highest BCUT2D eigenvalue weighted by molar-refractivity contribution is 5.93. The summed E-state index contributed by atoms with van der Waals surface area (Å²) in [6.07, 6.45) is -4.47. The molecule has 1 unspecified atom stereocenters. The Balaban J connectivity index is 2.39. The lowest BCUT2D eigenvalue weighted by atomic mass is 10.3. The zero-order valence-corrected chi connectivity index (χ0v) is 10.2. The largest absolute Gasteiger partial charge is 0.433 e. The van der Waals surface area contributed by atoms with Crippen LogP contribution in [0.5, 0.6) is 0 Å². The van der Waals surface area contributed by atoms with E-state index in [2.05, 4.69) is 5.10 Å². The van der Waals surface area contributed by atoms with Gasteiger partial charge in [0.1, 0.15) is 5.69 Å². The maximum absolute atomic E-state index is 12.6. The lowest BCUT2D eigenvalue weighted by Gasteiger charge is -2.16. The predicted octanol–water partition coefficient (Wildman–Crippen LogP) is 1.70. The van der Waals surface area contributed by atoms with Gasteiger partial charge in [-0.2, -0.15) is 18.3 Å². The Bertz CT molecular complexity index is 482. The number of aromatic nitrogens is 2. The van der Waals surface area contributed by atoms with Crippen molar-refractivity contribution in [2.45, 2.75) is 19.1 Å². The maximum atomic E-state index is 12.6. The second-order valence-corrected chi connectivity index (χ2v) is 4.39. The second kappa shape index (κ2) is 3.89. The van der Waals surface area contributed by atoms with Crippen molar-refractivity contribution in [3.8, 4) is 0 Å². The molecule has 0 N–H and O–H groups in total. The molecule has 1 aliphatic heterocycles. The summed E-state index contributed by atoms with van der Waals surface area (Å²) in [5.41, 5.74) is -0.868. The number of hydrogen-bond donors (Lipinski definition) is 0. The molecule has 1 fully saturated rings. The molecular weight excluding hydrogens is 249 g/mol. The summed E-state index contributed by atoms with van der Waals surface area (Å²) in [6, 6.07) is 0.362. The van der Waals surface area contributed by atoms with E-state index in [1.54, 1.807) is 14.0 Å². The van der Waals surface area contributed by atoms with E-state index in [4.69, 9.17) is 0 Å². The summed E-state index contributed by atoms with van der Waals surface area (Å²) in [7, 11) is 2.81. The van der Waals surface area contributed by atoms with Gasteiger partial charge in [-0.05, 0) is 6.92 Å². The number of alkyl halides is 3. The zero-order chi connectivity index (χ0) is 13.7. The summed E-state index contributed by atoms with van der Waals surface area (Å²) in [5, 5.41) is 3.77. The lowest BCUT2D eigenvalue weighted by molar-refractivity contribution is -0.143. The molecule has 0 aromatic carbocycles. The Morgan fingerprint density at radius 3 is 2.39 bits per heavy atom. The van der Waals surface area contributed by atoms with Gasteiger partial charge in [0, 0.05) is 26.7 Å². The van der Waals surface area contributed by atoms with Crippen LogP contribution in [0.2, 0.25) is 0 Å². The van der Waals surface area contributed by atoms with Crippen LogP contribution in [0.3, 0.4) is 0 Å². The first kappa shape index (κ1) is 12.7. The van der Waals surface area contributed by atoms with Crippen molar-refractivity contribution in [2.75, 3.05) is 18.5 Å². The third-order valence-electron chi connectivity index (χ3n) is 2.92. The van der Waals surface area contributed by atoms with Crippen molar-refractivity contribution in [1.82, 2.24) is 14.7 Å². The highest BCUT2D eigenvalue weighted by atomic mass is 19.4. The molecule has 0 saturated carbocycles. The molecule has 1 atom stereocenters. The number of carbonyl (C=O) groups excluding carboxylic acids is 1. The molecule has 2 rings (SSSR count). The third-order valence-corrected chi connectivity index (χ3v) is 2.92. The number of likely N-dealkylation sites (N-methyl/N-ethyl adjacent to an activating group) is 1. The molecule has 0 aliphatic carbocycles. The van der Waals surface area contributed by atoms with Crippen LogP contribution in [0.4, 0.5) is 23.8 Å². The SMILES string of the molecule is CC1CN(C)C(=O)N1c1cc(C(F)(F)F)n(C)n1. The predicted molar refractivity (Wildman–Crippen MR) is 58.2 cm³/mol. The van der Waals surface area contributed by atoms with E-state index in [-0.39, 0.29) is 17.9 Å². The molecule has 0 bridgehead atoms. The highest BCUT2D eigenvalue weighted by Crippen LogP contribution is 2.32. The minimum atomic E-state index is -4.47. The highest BCUT2D eigenvalue weighted by Gasteiger charge is 2.39. The number of halogens is 3. The van der Waals surface area contributed by atoms with E-state index < -0.39 is 11.9 Å². The molecule has 2 amide bonds. The van der Waals surface area contributed by atoms with Gasteiger partial charge in [-0.3, -0.25) is 9.58 Å². The van der Waals surface area contributed by atoms with Crippen molar-refractivity contribution in [3.63, 3.8) is 0 Å². The van der Waals surface area contributed by atoms with Crippen LogP contribution >= 0.6 is 0 Å². The summed E-state index contributed by atoms with van der Waals surface area (Å²) >= 11 is 0. The van der Waals surface area contributed by atoms with Gasteiger partial charge in [0.2, 0.25) is 0 Å². The van der Waals surface area contributed by atoms with Gasteiger partial charge in [-0.25, -0.2) is 4.79 Å². The minimum Gasteiger partial charge on any atom is -0.325 e. The van der Waals surface area contributed by atoms with Gasteiger partial charge < -0.3 is 4.90 Å². The Morgan fingerprint density at radius 2 is 2.00 bits per heavy atom. The van der Waals surface area contributed by atoms with Gasteiger partial charge in [0.05, 0.1) is 6.04 Å². The first-order chi connectivity index (χ1) is 8.21. The van der Waals surface area contributed by atoms with Crippen molar-refractivity contribution < 1.29 is 18.0 Å². The molecule has 18 heavy (non-hydrogen) atoms. The fourth-order valence-electron chi connectivity index (χ4n) is 2.09. The maximum Gasteiger partial charge on any atom is 0.433 e. The molecule has 100 valence electrons. The van der Waals surface area contributed by atoms with E-state index in [0.29, 0.717) is 6.54 Å². The van der Waals surface area contributed by atoms with E-state index in [9.17, 15) is 18.0 Å². The van der Waals surface area contributed by atoms with Gasteiger partial charge in [-0.15, -0.1) is 0 Å². The Hall–Kier alpha value is -1.73. The molecule has 0 radical (unpaired) electrons. The normalized spacial score (nSPS) is 21.0. The fourth-order valence-corrected chi connectivity index (χ4v) is 2.09. The van der Waals surface area contributed by atoms with Crippen molar-refractivity contribution in [3.05, 3.63) is 11.8 Å². The van der Waals surface area contributed by atoms with Crippen molar-refractivity contribution in [2.24, 2.45) is 7.05 Å². The molecule has 1 aliphatic rings. The molecule has 5 nitrogen and oxygen atoms in total. The van der Waals surface area contributed by atoms with Crippen LogP contribution in [0.25, 0.3) is 0 Å². The van der Waals surface area contributed by atoms with Gasteiger partial charge in [-0.1, -0.05) is 0 Å². The number of nitrogens with zero attached hydrogens (tertiary/aromatic N) is 4. The summed E-state index contributed by atoms with van der Waals surface area (Å²) < 4.78 is 38.7. The van der Waals surface area contributed by atoms with E-state index >= 15 is 0 Å². The fraction of sp³-hybridized carbons (Fsp3) is 0.600. The molecule has 1 aromatic heterocycles. The first-order valence-corrected chi connectivity index (χ1v) is 5.37. The Kier molecular flexibility index (Phi) is 2.75. The van der Waals surface area contributed by atoms with Crippen LogP contribution in [-0.2, 0) is 13.2 Å². The second-order valence-electron chi connectivity index (χ2n) is 4.39. The van der Waals surface area contributed by atoms with Crippen LogP contribution in [0.15, 0.2) is 6.07 Å². The zero-order valence-electron chi connectivity index (χ0n) is 10.2. The Labute approximate surface area is 102 Å². The molecular formula is C10H13F3N4O. The number of anilines is 1. The minimum absolute atomic E-state index is 0.0340. The molecule has 8 heteroatoms. The third kappa shape index (κ3) is 1.91. The van der Waals surface area contributed by atoms with Crippen LogP contribution in [0.1, 0.15) is 12.6 Å². The van der Waals surface area contributed by atoms with Crippen LogP contribution in [0, 0.1) is 0 Å². The van der Waals surface area contributed by atoms with E-state index in [0.717, 1.165) is 10.7 Å². The van der Waals surface area contributed by atoms with Crippen LogP contribution < -0.4 is 4.90 Å². The number of aryl methyl sites for hydroxylation is 1. The Morgan fingerprint density at radius 1 is 1.39 bits per heavy atom. The van der Waals surface area contributed by atoms with E-state index in [1.165, 1.54) is 16.8 Å². The number of urea groups is 1. The molecule has 1 aromatic rings. The smallest absolute Gasteiger partial charge is 0.325 e. The average molecular weight is 262 g/mol. The topological polar surface area (TPSA) is 41.4 Å². The van der Waals surface area contributed by atoms with Gasteiger partial charge >= 0.3 is 12.2 Å². The number of rotatable bonds is 1. The summed E-state index contributed by atoms with van der Waals surface area (Å²) in [5.74, 6) is 0.0340. The summed E-state index contributed by atoms with van der Waals surface area (Å²) in [4.78, 5) is 14.5. The number of carbonyl (C=O) groups is 1. The van der Waals surface area contributed by atoms with Gasteiger partial charge in [0.25, 0.3) is 0 Å². The monoisotopic (exact) mass is 262 g/mol. The lowest BCUT2D eigenvalue weighted by Crippen LogP contribution is -2.33. The number of amides is 2. The van der Waals surface area contributed by atoms with Crippen LogP contribution in [-0.4, -0.2) is 40.3 Å². The molecule has 2 heterocycles. The first-order valence-electron chi connectivity index (χ1n) is 5.37. The quantitative estimate of drug-likeness (QED) is 0.773. The molecule has 0 spiro atoms. The molecule has 1 saturated heterocycles. The number of hydrogen-bond acceptors (Lipinski definition) is 2. The van der Waals surface area contributed by atoms with Crippen molar-refractivity contribution in [1.29, 1.82) is 0 Å². The van der Waals surface area contributed by atoms with E-state index in [1.807, 2.05) is 0 Å². The van der Waals surface area contributed by atoms with Gasteiger partial charge in [0.15, 0.2) is 5.82 Å². The average Bonchev–Trinajstić information content (AvgIpc) is 2.69. The standard InChI is InChI=1S/C10H13F3N4O/c1-6-5-15(2)9(18)17(6)8-4-7(10(11,12)13)16(3)14-8/h4,6H,5H2,1-3H3. The van der Waals surface area contributed by atoms with Crippen molar-refractivity contribution >= 4 is 11.8 Å².